The fourth-order valence-corrected chi connectivity index (χ4v) is 1.71. The number of hydrogen-bond donors (Lipinski definition) is 1. The van der Waals surface area contributed by atoms with Gasteiger partial charge >= 0.3 is 6.18 Å². The fraction of sp³-hybridized carbons (Fsp3) is 1.00. The second-order valence-electron chi connectivity index (χ2n) is 3.57. The van der Waals surface area contributed by atoms with Gasteiger partial charge in [-0.1, -0.05) is 0 Å². The minimum absolute atomic E-state index is 0.0653. The Hall–Kier alpha value is -0.850. The van der Waals surface area contributed by atoms with Gasteiger partial charge < -0.3 is 5.73 Å². The molecule has 4 nitrogen and oxygen atoms in total. The van der Waals surface area contributed by atoms with E-state index in [1.807, 2.05) is 0 Å². The number of alkyl halides is 3. The van der Waals surface area contributed by atoms with Crippen LogP contribution in [0, 0.1) is 16.0 Å². The zero-order valence-corrected chi connectivity index (χ0v) is 7.33. The molecule has 14 heavy (non-hydrogen) atoms. The molecular formula is C7H11F3N2O2. The van der Waals surface area contributed by atoms with Crippen molar-refractivity contribution in [1.82, 2.24) is 0 Å². The van der Waals surface area contributed by atoms with Gasteiger partial charge in [0.1, 0.15) is 0 Å². The highest BCUT2D eigenvalue weighted by Crippen LogP contribution is 2.37. The van der Waals surface area contributed by atoms with Crippen molar-refractivity contribution in [3.8, 4) is 0 Å². The zero-order valence-electron chi connectivity index (χ0n) is 7.33. The standard InChI is InChI=1S/C7H11F3N2O2/c8-7(9,10)4-1-2-5(11)6(3-4)12(13)14/h4-6H,1-3,11H2. The van der Waals surface area contributed by atoms with Crippen LogP contribution in [0.5, 0.6) is 0 Å². The van der Waals surface area contributed by atoms with E-state index in [4.69, 9.17) is 5.73 Å². The average molecular weight is 212 g/mol. The molecule has 0 radical (unpaired) electrons. The van der Waals surface area contributed by atoms with Crippen molar-refractivity contribution < 1.29 is 18.1 Å². The molecule has 1 rings (SSSR count). The van der Waals surface area contributed by atoms with E-state index in [0.29, 0.717) is 0 Å². The molecule has 3 unspecified atom stereocenters. The second kappa shape index (κ2) is 3.72. The van der Waals surface area contributed by atoms with Crippen molar-refractivity contribution in [3.63, 3.8) is 0 Å². The lowest BCUT2D eigenvalue weighted by Crippen LogP contribution is -2.47. The van der Waals surface area contributed by atoms with Gasteiger partial charge in [0.05, 0.1) is 12.0 Å². The number of nitro groups is 1. The Morgan fingerprint density at radius 2 is 1.93 bits per heavy atom. The summed E-state index contributed by atoms with van der Waals surface area (Å²) >= 11 is 0. The summed E-state index contributed by atoms with van der Waals surface area (Å²) in [6.07, 6.45) is -4.86. The molecule has 0 saturated heterocycles. The maximum Gasteiger partial charge on any atom is 0.392 e. The Labute approximate surface area is 78.4 Å². The lowest BCUT2D eigenvalue weighted by atomic mass is 9.82. The van der Waals surface area contributed by atoms with Gasteiger partial charge in [-0.05, 0) is 12.8 Å². The van der Waals surface area contributed by atoms with Crippen molar-refractivity contribution in [2.45, 2.75) is 37.5 Å². The SMILES string of the molecule is NC1CCC(C(F)(F)F)CC1[N+](=O)[O-]. The molecule has 0 aromatic carbocycles. The molecule has 0 aromatic heterocycles. The quantitative estimate of drug-likeness (QED) is 0.526. The van der Waals surface area contributed by atoms with Crippen LogP contribution in [0.2, 0.25) is 0 Å². The highest BCUT2D eigenvalue weighted by molar-refractivity contribution is 4.85. The zero-order chi connectivity index (χ0) is 10.9. The van der Waals surface area contributed by atoms with Crippen molar-refractivity contribution in [1.29, 1.82) is 0 Å². The van der Waals surface area contributed by atoms with Crippen molar-refractivity contribution >= 4 is 0 Å². The molecule has 3 atom stereocenters. The Bertz CT molecular complexity index is 231. The number of hydrogen-bond acceptors (Lipinski definition) is 3. The molecule has 0 bridgehead atoms. The third kappa shape index (κ3) is 2.34. The van der Waals surface area contributed by atoms with Gasteiger partial charge in [0.15, 0.2) is 0 Å². The van der Waals surface area contributed by atoms with Crippen LogP contribution >= 0.6 is 0 Å². The molecule has 1 aliphatic carbocycles. The van der Waals surface area contributed by atoms with E-state index in [1.165, 1.54) is 0 Å². The number of nitrogens with zero attached hydrogens (tertiary/aromatic N) is 1. The third-order valence-electron chi connectivity index (χ3n) is 2.60. The Balaban J connectivity index is 2.67. The lowest BCUT2D eigenvalue weighted by Gasteiger charge is -2.29. The van der Waals surface area contributed by atoms with Gasteiger partial charge in [0, 0.05) is 11.3 Å². The topological polar surface area (TPSA) is 69.2 Å². The summed E-state index contributed by atoms with van der Waals surface area (Å²) in [4.78, 5) is 9.69. The fourth-order valence-electron chi connectivity index (χ4n) is 1.71. The predicted octanol–water partition coefficient (Wildman–Crippen LogP) is 1.32. The molecular weight excluding hydrogens is 201 g/mol. The van der Waals surface area contributed by atoms with Gasteiger partial charge in [-0.3, -0.25) is 10.1 Å². The first kappa shape index (κ1) is 11.2. The van der Waals surface area contributed by atoms with Gasteiger partial charge in [-0.2, -0.15) is 13.2 Å². The summed E-state index contributed by atoms with van der Waals surface area (Å²) in [6.45, 7) is 0. The molecule has 0 heterocycles. The van der Waals surface area contributed by atoms with Crippen molar-refractivity contribution in [2.75, 3.05) is 0 Å². The molecule has 82 valence electrons. The highest BCUT2D eigenvalue weighted by atomic mass is 19.4. The van der Waals surface area contributed by atoms with Crippen LogP contribution in [-0.4, -0.2) is 23.2 Å². The van der Waals surface area contributed by atoms with E-state index in [1.54, 1.807) is 0 Å². The summed E-state index contributed by atoms with van der Waals surface area (Å²) in [6, 6.07) is -2.00. The van der Waals surface area contributed by atoms with E-state index in [2.05, 4.69) is 0 Å². The monoisotopic (exact) mass is 212 g/mol. The second-order valence-corrected chi connectivity index (χ2v) is 3.57. The summed E-state index contributed by atoms with van der Waals surface area (Å²) in [5.74, 6) is -1.57. The van der Waals surface area contributed by atoms with E-state index in [0.717, 1.165) is 0 Å². The normalized spacial score (nSPS) is 34.1. The summed E-state index contributed by atoms with van der Waals surface area (Å²) in [5.41, 5.74) is 5.38. The predicted molar refractivity (Wildman–Crippen MR) is 42.2 cm³/mol. The molecule has 0 amide bonds. The first-order valence-corrected chi connectivity index (χ1v) is 4.28. The van der Waals surface area contributed by atoms with Gasteiger partial charge in [-0.25, -0.2) is 0 Å². The largest absolute Gasteiger partial charge is 0.392 e. The number of halogens is 3. The van der Waals surface area contributed by atoms with E-state index in [-0.39, 0.29) is 12.8 Å². The van der Waals surface area contributed by atoms with E-state index < -0.39 is 35.5 Å². The summed E-state index contributed by atoms with van der Waals surface area (Å²) < 4.78 is 36.7. The minimum Gasteiger partial charge on any atom is -0.322 e. The van der Waals surface area contributed by atoms with Crippen LogP contribution in [-0.2, 0) is 0 Å². The smallest absolute Gasteiger partial charge is 0.322 e. The van der Waals surface area contributed by atoms with Gasteiger partial charge in [0.2, 0.25) is 6.04 Å². The minimum atomic E-state index is -4.34. The third-order valence-corrected chi connectivity index (χ3v) is 2.60. The van der Waals surface area contributed by atoms with Crippen LogP contribution in [0.3, 0.4) is 0 Å². The maximum absolute atomic E-state index is 12.2. The molecule has 1 fully saturated rings. The van der Waals surface area contributed by atoms with Crippen molar-refractivity contribution in [3.05, 3.63) is 10.1 Å². The van der Waals surface area contributed by atoms with E-state index in [9.17, 15) is 23.3 Å². The van der Waals surface area contributed by atoms with Crippen LogP contribution in [0.1, 0.15) is 19.3 Å². The highest BCUT2D eigenvalue weighted by Gasteiger charge is 2.47. The number of nitrogens with two attached hydrogens (primary N) is 1. The molecule has 1 saturated carbocycles. The average Bonchev–Trinajstić information content (AvgIpc) is 2.02. The maximum atomic E-state index is 12.2. The van der Waals surface area contributed by atoms with Gasteiger partial charge in [0.25, 0.3) is 0 Å². The van der Waals surface area contributed by atoms with Crippen molar-refractivity contribution in [2.24, 2.45) is 11.7 Å². The van der Waals surface area contributed by atoms with Crippen LogP contribution in [0.4, 0.5) is 13.2 Å². The summed E-state index contributed by atoms with van der Waals surface area (Å²) in [5, 5.41) is 10.4. The Morgan fingerprint density at radius 3 is 2.36 bits per heavy atom. The van der Waals surface area contributed by atoms with Crippen LogP contribution < -0.4 is 5.73 Å². The van der Waals surface area contributed by atoms with Crippen LogP contribution in [0.15, 0.2) is 0 Å². The summed E-state index contributed by atoms with van der Waals surface area (Å²) in [7, 11) is 0. The Morgan fingerprint density at radius 1 is 1.36 bits per heavy atom. The first-order valence-electron chi connectivity index (χ1n) is 4.28. The molecule has 0 aromatic rings. The van der Waals surface area contributed by atoms with E-state index >= 15 is 0 Å². The molecule has 2 N–H and O–H groups in total. The number of rotatable bonds is 1. The molecule has 0 aliphatic heterocycles. The molecule has 7 heteroatoms. The first-order chi connectivity index (χ1) is 6.32. The molecule has 0 spiro atoms. The van der Waals surface area contributed by atoms with Gasteiger partial charge in [-0.15, -0.1) is 0 Å². The lowest BCUT2D eigenvalue weighted by molar-refractivity contribution is -0.532. The van der Waals surface area contributed by atoms with Crippen LogP contribution in [0.25, 0.3) is 0 Å². The molecule has 1 aliphatic rings. The Kier molecular flexibility index (Phi) is 2.98.